The fraction of sp³-hybridized carbons (Fsp3) is 0.455. The van der Waals surface area contributed by atoms with Crippen molar-refractivity contribution in [3.05, 3.63) is 41.5 Å². The molecular formula is C22H28N8. The third kappa shape index (κ3) is 3.31. The number of rotatable bonds is 5. The van der Waals surface area contributed by atoms with Gasteiger partial charge in [0.15, 0.2) is 0 Å². The van der Waals surface area contributed by atoms with E-state index >= 15 is 0 Å². The molecule has 1 saturated heterocycles. The van der Waals surface area contributed by atoms with Gasteiger partial charge in [-0.1, -0.05) is 13.8 Å². The lowest BCUT2D eigenvalue weighted by Gasteiger charge is -2.29. The van der Waals surface area contributed by atoms with Crippen LogP contribution in [0.25, 0.3) is 11.3 Å². The Labute approximate surface area is 176 Å². The predicted octanol–water partition coefficient (Wildman–Crippen LogP) is 2.94. The molecule has 2 N–H and O–H groups in total. The van der Waals surface area contributed by atoms with Gasteiger partial charge in [0.2, 0.25) is 5.95 Å². The van der Waals surface area contributed by atoms with Crippen molar-refractivity contribution in [2.75, 3.05) is 36.4 Å². The van der Waals surface area contributed by atoms with Crippen LogP contribution >= 0.6 is 0 Å². The average Bonchev–Trinajstić information content (AvgIpc) is 3.30. The second kappa shape index (κ2) is 7.68. The average molecular weight is 405 g/mol. The van der Waals surface area contributed by atoms with E-state index in [1.807, 2.05) is 18.5 Å². The van der Waals surface area contributed by atoms with Crippen molar-refractivity contribution in [2.24, 2.45) is 0 Å². The van der Waals surface area contributed by atoms with E-state index in [2.05, 4.69) is 57.0 Å². The number of pyridine rings is 1. The van der Waals surface area contributed by atoms with Gasteiger partial charge in [0.25, 0.3) is 0 Å². The predicted molar refractivity (Wildman–Crippen MR) is 118 cm³/mol. The molecule has 0 bridgehead atoms. The summed E-state index contributed by atoms with van der Waals surface area (Å²) in [5.41, 5.74) is 6.85. The molecule has 156 valence electrons. The molecule has 0 spiro atoms. The molecule has 0 atom stereocenters. The van der Waals surface area contributed by atoms with Gasteiger partial charge < -0.3 is 15.5 Å². The molecule has 0 radical (unpaired) electrons. The van der Waals surface area contributed by atoms with Crippen LogP contribution in [0.2, 0.25) is 0 Å². The highest BCUT2D eigenvalue weighted by atomic mass is 15.3. The summed E-state index contributed by atoms with van der Waals surface area (Å²) in [5, 5.41) is 11.5. The first-order valence-electron chi connectivity index (χ1n) is 10.8. The maximum atomic E-state index is 4.86. The smallest absolute Gasteiger partial charge is 0.228 e. The Morgan fingerprint density at radius 2 is 1.97 bits per heavy atom. The van der Waals surface area contributed by atoms with Crippen molar-refractivity contribution in [1.82, 2.24) is 30.0 Å². The number of aromatic nitrogens is 5. The van der Waals surface area contributed by atoms with E-state index < -0.39 is 0 Å². The first-order valence-corrected chi connectivity index (χ1v) is 10.8. The summed E-state index contributed by atoms with van der Waals surface area (Å²) in [6.07, 6.45) is 4.64. The van der Waals surface area contributed by atoms with E-state index in [9.17, 15) is 0 Å². The summed E-state index contributed by atoms with van der Waals surface area (Å²) < 4.78 is 2.11. The quantitative estimate of drug-likeness (QED) is 0.529. The summed E-state index contributed by atoms with van der Waals surface area (Å²) in [4.78, 5) is 16.3. The van der Waals surface area contributed by atoms with E-state index in [0.717, 1.165) is 67.6 Å². The van der Waals surface area contributed by atoms with E-state index in [0.29, 0.717) is 11.9 Å². The van der Waals surface area contributed by atoms with Crippen LogP contribution in [-0.2, 0) is 13.0 Å². The van der Waals surface area contributed by atoms with Crippen molar-refractivity contribution in [3.63, 3.8) is 0 Å². The summed E-state index contributed by atoms with van der Waals surface area (Å²) in [5.74, 6) is 1.71. The molecule has 0 saturated carbocycles. The highest BCUT2D eigenvalue weighted by molar-refractivity contribution is 5.75. The number of hydrogen-bond donors (Lipinski definition) is 2. The topological polar surface area (TPSA) is 83.8 Å². The molecule has 1 fully saturated rings. The molecule has 30 heavy (non-hydrogen) atoms. The zero-order chi connectivity index (χ0) is 20.7. The van der Waals surface area contributed by atoms with Crippen LogP contribution in [0.4, 0.5) is 17.5 Å². The van der Waals surface area contributed by atoms with Crippen molar-refractivity contribution in [3.8, 4) is 11.3 Å². The Bertz CT molecular complexity index is 1050. The first-order chi connectivity index (χ1) is 14.6. The van der Waals surface area contributed by atoms with Crippen LogP contribution in [0.1, 0.15) is 43.6 Å². The van der Waals surface area contributed by atoms with Gasteiger partial charge in [-0.05, 0) is 25.0 Å². The second-order valence-corrected chi connectivity index (χ2v) is 8.19. The summed E-state index contributed by atoms with van der Waals surface area (Å²) in [7, 11) is 0. The number of nitrogens with one attached hydrogen (secondary N) is 2. The molecule has 8 nitrogen and oxygen atoms in total. The number of anilines is 3. The fourth-order valence-electron chi connectivity index (χ4n) is 4.41. The molecule has 4 heterocycles. The number of fused-ring (bicyclic) bond motifs is 3. The lowest BCUT2D eigenvalue weighted by atomic mass is 10.0. The molecule has 8 heteroatoms. The van der Waals surface area contributed by atoms with Crippen LogP contribution in [0, 0.1) is 0 Å². The van der Waals surface area contributed by atoms with Gasteiger partial charge in [-0.2, -0.15) is 5.10 Å². The van der Waals surface area contributed by atoms with Crippen LogP contribution in [0.15, 0.2) is 24.5 Å². The molecule has 1 aliphatic carbocycles. The van der Waals surface area contributed by atoms with Crippen LogP contribution in [0.3, 0.4) is 0 Å². The SMILES string of the molecule is CCn1nc2c(c1C(C)C)-c1nc(Nc3ccc(N4CCNCC4)cn3)ncc1C2. The van der Waals surface area contributed by atoms with E-state index in [1.165, 1.54) is 11.3 Å². The number of piperazine rings is 1. The minimum Gasteiger partial charge on any atom is -0.368 e. The van der Waals surface area contributed by atoms with Crippen LogP contribution in [-0.4, -0.2) is 50.9 Å². The Hall–Kier alpha value is -3.00. The summed E-state index contributed by atoms with van der Waals surface area (Å²) in [6.45, 7) is 11.5. The zero-order valence-electron chi connectivity index (χ0n) is 17.8. The minimum absolute atomic E-state index is 0.387. The standard InChI is InChI=1S/C22H28N8/c1-4-30-21(14(2)3)19-17(28-30)11-15-12-25-22(27-20(15)19)26-18-6-5-16(13-24-18)29-9-7-23-8-10-29/h5-6,12-14,23H,4,7-11H2,1-3H3,(H,24,25,26,27). The number of nitrogens with zero attached hydrogens (tertiary/aromatic N) is 6. The highest BCUT2D eigenvalue weighted by Gasteiger charge is 2.30. The molecule has 3 aromatic heterocycles. The monoisotopic (exact) mass is 404 g/mol. The van der Waals surface area contributed by atoms with Gasteiger partial charge in [-0.3, -0.25) is 4.68 Å². The maximum Gasteiger partial charge on any atom is 0.228 e. The third-order valence-electron chi connectivity index (χ3n) is 5.84. The molecule has 0 aromatic carbocycles. The van der Waals surface area contributed by atoms with Crippen molar-refractivity contribution < 1.29 is 0 Å². The van der Waals surface area contributed by atoms with E-state index in [1.54, 1.807) is 0 Å². The largest absolute Gasteiger partial charge is 0.368 e. The molecule has 1 aliphatic heterocycles. The molecule has 3 aromatic rings. The van der Waals surface area contributed by atoms with Crippen molar-refractivity contribution in [1.29, 1.82) is 0 Å². The molecule has 0 unspecified atom stereocenters. The van der Waals surface area contributed by atoms with Crippen molar-refractivity contribution in [2.45, 2.75) is 39.7 Å². The molecule has 0 amide bonds. The van der Waals surface area contributed by atoms with Crippen molar-refractivity contribution >= 4 is 17.5 Å². The first kappa shape index (κ1) is 19.0. The number of aryl methyl sites for hydroxylation is 1. The Morgan fingerprint density at radius 3 is 2.67 bits per heavy atom. The Balaban J connectivity index is 1.40. The summed E-state index contributed by atoms with van der Waals surface area (Å²) in [6, 6.07) is 4.10. The van der Waals surface area contributed by atoms with Gasteiger partial charge in [0.05, 0.1) is 29.0 Å². The lowest BCUT2D eigenvalue weighted by Crippen LogP contribution is -2.43. The summed E-state index contributed by atoms with van der Waals surface area (Å²) >= 11 is 0. The molecule has 2 aliphatic rings. The Morgan fingerprint density at radius 1 is 1.13 bits per heavy atom. The zero-order valence-corrected chi connectivity index (χ0v) is 17.8. The maximum absolute atomic E-state index is 4.86. The van der Waals surface area contributed by atoms with Gasteiger partial charge in [-0.25, -0.2) is 15.0 Å². The highest BCUT2D eigenvalue weighted by Crippen LogP contribution is 2.40. The Kier molecular flexibility index (Phi) is 4.86. The van der Waals surface area contributed by atoms with E-state index in [-0.39, 0.29) is 0 Å². The third-order valence-corrected chi connectivity index (χ3v) is 5.84. The van der Waals surface area contributed by atoms with Crippen LogP contribution in [0.5, 0.6) is 0 Å². The van der Waals surface area contributed by atoms with E-state index in [4.69, 9.17) is 10.1 Å². The molecule has 5 rings (SSSR count). The minimum atomic E-state index is 0.387. The van der Waals surface area contributed by atoms with Crippen LogP contribution < -0.4 is 15.5 Å². The fourth-order valence-corrected chi connectivity index (χ4v) is 4.41. The van der Waals surface area contributed by atoms with Gasteiger partial charge in [0.1, 0.15) is 5.82 Å². The van der Waals surface area contributed by atoms with Gasteiger partial charge in [-0.15, -0.1) is 0 Å². The van der Waals surface area contributed by atoms with Gasteiger partial charge in [0, 0.05) is 56.5 Å². The number of hydrogen-bond acceptors (Lipinski definition) is 7. The van der Waals surface area contributed by atoms with Gasteiger partial charge >= 0.3 is 0 Å². The lowest BCUT2D eigenvalue weighted by molar-refractivity contribution is 0.589. The second-order valence-electron chi connectivity index (χ2n) is 8.19. The normalized spacial score (nSPS) is 15.4. The molecular weight excluding hydrogens is 376 g/mol.